The van der Waals surface area contributed by atoms with Crippen molar-refractivity contribution >= 4 is 29.5 Å². The zero-order valence-electron chi connectivity index (χ0n) is 22.0. The van der Waals surface area contributed by atoms with Crippen molar-refractivity contribution in [3.63, 3.8) is 0 Å². The normalized spacial score (nSPS) is 18.8. The number of esters is 1. The van der Waals surface area contributed by atoms with Crippen LogP contribution >= 0.6 is 0 Å². The Morgan fingerprint density at radius 1 is 1.06 bits per heavy atom. The molecule has 1 N–H and O–H groups in total. The Morgan fingerprint density at radius 2 is 1.67 bits per heavy atom. The van der Waals surface area contributed by atoms with E-state index in [0.29, 0.717) is 26.2 Å². The Hall–Kier alpha value is -2.63. The molecule has 1 fully saturated rings. The number of aliphatic hydroxyl groups excluding tert-OH is 1. The zero-order chi connectivity index (χ0) is 27.5. The van der Waals surface area contributed by atoms with Crippen molar-refractivity contribution in [2.24, 2.45) is 11.8 Å². The van der Waals surface area contributed by atoms with Gasteiger partial charge in [-0.2, -0.15) is 0 Å². The summed E-state index contributed by atoms with van der Waals surface area (Å²) < 4.78 is 20.9. The summed E-state index contributed by atoms with van der Waals surface area (Å²) in [5.41, 5.74) is -0.927. The number of carbonyl (C=O) groups is 5. The van der Waals surface area contributed by atoms with Crippen molar-refractivity contribution in [1.29, 1.82) is 0 Å². The van der Waals surface area contributed by atoms with Gasteiger partial charge in [0.25, 0.3) is 0 Å². The Morgan fingerprint density at radius 3 is 2.22 bits per heavy atom. The number of amides is 2. The maximum absolute atomic E-state index is 13.3. The molecule has 0 spiro atoms. The van der Waals surface area contributed by atoms with E-state index in [0.717, 1.165) is 24.0 Å². The van der Waals surface area contributed by atoms with E-state index in [1.165, 1.54) is 6.92 Å². The lowest BCUT2D eigenvalue weighted by atomic mass is 9.87. The molecule has 0 aromatic rings. The molecule has 0 aromatic carbocycles. The smallest absolute Gasteiger partial charge is 0.417 e. The molecule has 36 heavy (non-hydrogen) atoms. The highest BCUT2D eigenvalue weighted by Crippen LogP contribution is 2.35. The highest BCUT2D eigenvalue weighted by molar-refractivity contribution is 6.04. The van der Waals surface area contributed by atoms with Crippen LogP contribution in [-0.2, 0) is 38.1 Å². The van der Waals surface area contributed by atoms with E-state index in [2.05, 4.69) is 0 Å². The molecule has 0 aromatic heterocycles. The monoisotopic (exact) mass is 513 g/mol. The molecule has 0 bridgehead atoms. The SMILES string of the molecule is CC(=O)O[C@H](C(=O)C=CC(=O)CCCOCCOCCO)[C@H](C)C(=O)N1C(=O)OC(C)(C)[C@@H]1C(C)C. The average molecular weight is 514 g/mol. The molecule has 0 saturated carbocycles. The molecular formula is C25H39NO10. The highest BCUT2D eigenvalue weighted by atomic mass is 16.6. The van der Waals surface area contributed by atoms with Crippen molar-refractivity contribution in [2.45, 2.75) is 72.1 Å². The number of allylic oxidation sites excluding steroid dienone is 1. The van der Waals surface area contributed by atoms with Gasteiger partial charge in [0, 0.05) is 20.0 Å². The number of cyclic esters (lactones) is 1. The van der Waals surface area contributed by atoms with Crippen molar-refractivity contribution < 1.29 is 48.0 Å². The number of imide groups is 1. The van der Waals surface area contributed by atoms with Crippen molar-refractivity contribution in [2.75, 3.05) is 33.0 Å². The van der Waals surface area contributed by atoms with E-state index in [1.54, 1.807) is 13.8 Å². The van der Waals surface area contributed by atoms with Crippen LogP contribution in [0.4, 0.5) is 4.79 Å². The van der Waals surface area contributed by atoms with Gasteiger partial charge < -0.3 is 24.1 Å². The Balaban J connectivity index is 2.77. The quantitative estimate of drug-likeness (QED) is 0.184. The van der Waals surface area contributed by atoms with E-state index < -0.39 is 47.4 Å². The van der Waals surface area contributed by atoms with Crippen LogP contribution in [0.3, 0.4) is 0 Å². The minimum absolute atomic E-state index is 0.0632. The van der Waals surface area contributed by atoms with Gasteiger partial charge in [0.15, 0.2) is 17.7 Å². The average Bonchev–Trinajstić information content (AvgIpc) is 3.04. The number of carbonyl (C=O) groups excluding carboxylic acids is 5. The van der Waals surface area contributed by atoms with Crippen LogP contribution in [0.25, 0.3) is 0 Å². The van der Waals surface area contributed by atoms with Crippen LogP contribution in [0.2, 0.25) is 0 Å². The van der Waals surface area contributed by atoms with Gasteiger partial charge in [-0.25, -0.2) is 9.69 Å². The third-order valence-electron chi connectivity index (χ3n) is 5.58. The summed E-state index contributed by atoms with van der Waals surface area (Å²) in [4.78, 5) is 63.3. The molecule has 2 amide bonds. The molecule has 204 valence electrons. The summed E-state index contributed by atoms with van der Waals surface area (Å²) in [6.45, 7) is 10.7. The first-order valence-electron chi connectivity index (χ1n) is 12.1. The summed E-state index contributed by atoms with van der Waals surface area (Å²) in [5.74, 6) is -3.88. The minimum atomic E-state index is -1.51. The van der Waals surface area contributed by atoms with Gasteiger partial charge in [-0.3, -0.25) is 19.2 Å². The van der Waals surface area contributed by atoms with Crippen molar-refractivity contribution in [1.82, 2.24) is 4.90 Å². The predicted molar refractivity (Wildman–Crippen MR) is 128 cm³/mol. The van der Waals surface area contributed by atoms with Crippen LogP contribution in [-0.4, -0.2) is 90.3 Å². The lowest BCUT2D eigenvalue weighted by Gasteiger charge is -2.33. The molecule has 1 heterocycles. The van der Waals surface area contributed by atoms with Gasteiger partial charge in [-0.1, -0.05) is 13.8 Å². The second-order valence-corrected chi connectivity index (χ2v) is 9.44. The molecule has 0 radical (unpaired) electrons. The number of hydrogen-bond donors (Lipinski definition) is 1. The number of hydrogen-bond acceptors (Lipinski definition) is 10. The predicted octanol–water partition coefficient (Wildman–Crippen LogP) is 1.84. The first kappa shape index (κ1) is 31.4. The van der Waals surface area contributed by atoms with Crippen LogP contribution in [0.1, 0.15) is 54.4 Å². The fraction of sp³-hybridized carbons (Fsp3) is 0.720. The summed E-state index contributed by atoms with van der Waals surface area (Å²) in [5, 5.41) is 8.61. The fourth-order valence-electron chi connectivity index (χ4n) is 4.11. The van der Waals surface area contributed by atoms with Crippen LogP contribution in [0, 0.1) is 11.8 Å². The Bertz CT molecular complexity index is 820. The molecule has 1 rings (SSSR count). The van der Waals surface area contributed by atoms with Gasteiger partial charge in [0.2, 0.25) is 5.91 Å². The number of rotatable bonds is 16. The van der Waals surface area contributed by atoms with Crippen molar-refractivity contribution in [3.8, 4) is 0 Å². The van der Waals surface area contributed by atoms with Crippen LogP contribution in [0.5, 0.6) is 0 Å². The van der Waals surface area contributed by atoms with Crippen LogP contribution < -0.4 is 0 Å². The van der Waals surface area contributed by atoms with Gasteiger partial charge in [-0.15, -0.1) is 0 Å². The summed E-state index contributed by atoms with van der Waals surface area (Å²) in [6.07, 6.45) is 0.269. The maximum Gasteiger partial charge on any atom is 0.417 e. The van der Waals surface area contributed by atoms with Crippen molar-refractivity contribution in [3.05, 3.63) is 12.2 Å². The lowest BCUT2D eigenvalue weighted by Crippen LogP contribution is -2.52. The van der Waals surface area contributed by atoms with E-state index >= 15 is 0 Å². The Kier molecular flexibility index (Phi) is 12.9. The van der Waals surface area contributed by atoms with E-state index in [4.69, 9.17) is 24.1 Å². The molecule has 0 unspecified atom stereocenters. The number of ether oxygens (including phenoxy) is 4. The minimum Gasteiger partial charge on any atom is -0.453 e. The molecule has 11 nitrogen and oxygen atoms in total. The molecule has 1 saturated heterocycles. The zero-order valence-corrected chi connectivity index (χ0v) is 22.0. The molecule has 0 aliphatic carbocycles. The maximum atomic E-state index is 13.3. The lowest BCUT2D eigenvalue weighted by molar-refractivity contribution is -0.158. The summed E-state index contributed by atoms with van der Waals surface area (Å²) >= 11 is 0. The first-order valence-corrected chi connectivity index (χ1v) is 12.1. The van der Waals surface area contributed by atoms with E-state index in [-0.39, 0.29) is 31.3 Å². The molecule has 1 aliphatic heterocycles. The van der Waals surface area contributed by atoms with E-state index in [1.807, 2.05) is 13.8 Å². The topological polar surface area (TPSA) is 146 Å². The highest BCUT2D eigenvalue weighted by Gasteiger charge is 2.53. The standard InChI is InChI=1S/C25H39NO10/c1-16(2)22-25(5,6)36-24(32)26(22)23(31)17(3)21(35-18(4)28)20(30)10-9-19(29)8-7-12-33-14-15-34-13-11-27/h9-10,16-17,21-22,27H,7-8,11-15H2,1-6H3/t17-,21-,22-/m0/s1. The first-order chi connectivity index (χ1) is 16.8. The second-order valence-electron chi connectivity index (χ2n) is 9.44. The summed E-state index contributed by atoms with van der Waals surface area (Å²) in [6, 6.07) is -0.575. The number of ketones is 2. The Labute approximate surface area is 212 Å². The van der Waals surface area contributed by atoms with Crippen LogP contribution in [0.15, 0.2) is 12.2 Å². The van der Waals surface area contributed by atoms with Gasteiger partial charge in [-0.05, 0) is 45.3 Å². The third-order valence-corrected chi connectivity index (χ3v) is 5.58. The largest absolute Gasteiger partial charge is 0.453 e. The van der Waals surface area contributed by atoms with E-state index in [9.17, 15) is 24.0 Å². The molecule has 11 heteroatoms. The second kappa shape index (κ2) is 14.8. The molecular weight excluding hydrogens is 474 g/mol. The third kappa shape index (κ3) is 9.44. The number of aliphatic hydroxyl groups is 1. The van der Waals surface area contributed by atoms with Gasteiger partial charge in [0.1, 0.15) is 5.60 Å². The van der Waals surface area contributed by atoms with Gasteiger partial charge in [0.05, 0.1) is 38.4 Å². The summed E-state index contributed by atoms with van der Waals surface area (Å²) in [7, 11) is 0. The number of nitrogens with zero attached hydrogens (tertiary/aromatic N) is 1. The van der Waals surface area contributed by atoms with Gasteiger partial charge >= 0.3 is 12.1 Å². The molecule has 3 atom stereocenters. The molecule has 1 aliphatic rings. The fourth-order valence-corrected chi connectivity index (χ4v) is 4.11.